The summed E-state index contributed by atoms with van der Waals surface area (Å²) in [5, 5.41) is 13.0. The van der Waals surface area contributed by atoms with Crippen LogP contribution in [0.15, 0.2) is 54.9 Å². The molecule has 0 saturated heterocycles. The molecular weight excluding hydrogens is 467 g/mol. The van der Waals surface area contributed by atoms with Crippen molar-refractivity contribution >= 4 is 32.5 Å². The molecule has 1 amide bonds. The molecule has 0 atom stereocenters. The van der Waals surface area contributed by atoms with E-state index >= 15 is 4.39 Å². The van der Waals surface area contributed by atoms with E-state index in [0.29, 0.717) is 29.0 Å². The fraction of sp³-hybridized carbons (Fsp3) is 0.259. The Balaban J connectivity index is 1.30. The van der Waals surface area contributed by atoms with Crippen molar-refractivity contribution in [1.29, 1.82) is 5.26 Å². The molecule has 37 heavy (non-hydrogen) atoms. The molecule has 0 bridgehead atoms. The molecule has 1 fully saturated rings. The van der Waals surface area contributed by atoms with E-state index in [1.165, 1.54) is 17.2 Å². The number of halogens is 1. The first kappa shape index (κ1) is 23.3. The number of aromatic nitrogens is 3. The van der Waals surface area contributed by atoms with E-state index < -0.39 is 22.5 Å². The van der Waals surface area contributed by atoms with Crippen LogP contribution >= 0.6 is 0 Å². The second-order valence-electron chi connectivity index (χ2n) is 9.78. The summed E-state index contributed by atoms with van der Waals surface area (Å²) in [5.41, 5.74) is 2.52. The van der Waals surface area contributed by atoms with Gasteiger partial charge in [-0.15, -0.1) is 0 Å². The number of hydrogen-bond acceptors (Lipinski definition) is 5. The largest absolute Gasteiger partial charge is 0.490 e. The first-order chi connectivity index (χ1) is 17.7. The monoisotopic (exact) mass is 487 g/mol. The molecular formula is C27H20B2FN5O2. The second-order valence-corrected chi connectivity index (χ2v) is 9.78. The third kappa shape index (κ3) is 3.77. The molecule has 4 aromatic rings. The van der Waals surface area contributed by atoms with Crippen LogP contribution in [-0.2, 0) is 18.9 Å². The van der Waals surface area contributed by atoms with Gasteiger partial charge in [-0.05, 0) is 54.3 Å². The Morgan fingerprint density at radius 3 is 2.70 bits per heavy atom. The van der Waals surface area contributed by atoms with E-state index in [4.69, 9.17) is 20.4 Å². The van der Waals surface area contributed by atoms with Crippen LogP contribution in [0.2, 0.25) is 0 Å². The predicted octanol–water partition coefficient (Wildman–Crippen LogP) is 3.56. The molecule has 1 aliphatic carbocycles. The molecule has 3 heterocycles. The molecule has 2 aromatic carbocycles. The summed E-state index contributed by atoms with van der Waals surface area (Å²) in [4.78, 5) is 18.3. The minimum atomic E-state index is -1.64. The van der Waals surface area contributed by atoms with Gasteiger partial charge in [-0.25, -0.2) is 4.39 Å². The summed E-state index contributed by atoms with van der Waals surface area (Å²) in [7, 11) is 14.3. The summed E-state index contributed by atoms with van der Waals surface area (Å²) in [6, 6.07) is 14.1. The van der Waals surface area contributed by atoms with Crippen molar-refractivity contribution in [3.05, 3.63) is 77.5 Å². The van der Waals surface area contributed by atoms with Crippen LogP contribution in [0.4, 0.5) is 4.39 Å². The molecule has 0 spiro atoms. The Bertz CT molecular complexity index is 1620. The minimum absolute atomic E-state index is 0.107. The lowest BCUT2D eigenvalue weighted by Crippen LogP contribution is -2.44. The second kappa shape index (κ2) is 8.20. The lowest BCUT2D eigenvalue weighted by Gasteiger charge is -2.33. The molecule has 0 N–H and O–H groups in total. The number of hydrogen-bond donors (Lipinski definition) is 0. The molecule has 178 valence electrons. The number of carbonyl (C=O) groups excluding carboxylic acids is 1. The maximum absolute atomic E-state index is 15.4. The molecule has 1 saturated carbocycles. The van der Waals surface area contributed by atoms with Gasteiger partial charge in [0.25, 0.3) is 5.91 Å². The standard InChI is InChI=1S/C27H20B2FN5O2/c1-34-13-20-18(6-7-22(23(20)33-34)37-15-26(14-31)8-9-26)16-4-5-17(21(30)11-16)12-35-25(36)19-3-2-10-32-24(19)27(35,28)29/h2-7,10-11,13H,8-9,12,15H2,1H3. The average Bonchev–Trinajstić information content (AvgIpc) is 3.52. The number of fused-ring (bicyclic) bond motifs is 2. The first-order valence-electron chi connectivity index (χ1n) is 11.9. The van der Waals surface area contributed by atoms with Crippen molar-refractivity contribution in [1.82, 2.24) is 19.7 Å². The molecule has 6 rings (SSSR count). The summed E-state index contributed by atoms with van der Waals surface area (Å²) >= 11 is 0. The fourth-order valence-electron chi connectivity index (χ4n) is 4.77. The van der Waals surface area contributed by atoms with Crippen molar-refractivity contribution in [3.63, 3.8) is 0 Å². The molecule has 1 aliphatic heterocycles. The zero-order valence-electron chi connectivity index (χ0n) is 20.1. The number of carbonyl (C=O) groups is 1. The van der Waals surface area contributed by atoms with E-state index in [1.54, 1.807) is 42.1 Å². The molecule has 4 radical (unpaired) electrons. The van der Waals surface area contributed by atoms with Crippen LogP contribution < -0.4 is 4.74 Å². The van der Waals surface area contributed by atoms with Crippen molar-refractivity contribution < 1.29 is 13.9 Å². The van der Waals surface area contributed by atoms with Gasteiger partial charge in [-0.2, -0.15) is 10.4 Å². The Hall–Kier alpha value is -4.12. The summed E-state index contributed by atoms with van der Waals surface area (Å²) in [6.07, 6.45) is 5.03. The Morgan fingerprint density at radius 2 is 2.00 bits per heavy atom. The van der Waals surface area contributed by atoms with Gasteiger partial charge in [0.05, 0.1) is 38.4 Å². The summed E-state index contributed by atoms with van der Waals surface area (Å²) in [5.74, 6) is -0.304. The number of benzene rings is 2. The maximum Gasteiger partial charge on any atom is 0.255 e. The van der Waals surface area contributed by atoms with Gasteiger partial charge in [0.2, 0.25) is 0 Å². The van der Waals surface area contributed by atoms with Crippen molar-refractivity contribution in [2.45, 2.75) is 24.7 Å². The SMILES string of the molecule is [B]C1([B])c2ncccc2C(=O)N1Cc1ccc(-c2ccc(OCC3(C#N)CC3)c3nn(C)cc23)cc1F. The molecule has 0 unspecified atom stereocenters. The third-order valence-electron chi connectivity index (χ3n) is 7.15. The normalized spacial score (nSPS) is 17.0. The van der Waals surface area contributed by atoms with Gasteiger partial charge in [0.15, 0.2) is 0 Å². The van der Waals surface area contributed by atoms with Crippen LogP contribution in [0.3, 0.4) is 0 Å². The van der Waals surface area contributed by atoms with Gasteiger partial charge < -0.3 is 9.64 Å². The van der Waals surface area contributed by atoms with Gasteiger partial charge in [0.1, 0.15) is 23.7 Å². The number of rotatable bonds is 6. The number of nitriles is 1. The number of nitrogens with zero attached hydrogens (tertiary/aromatic N) is 5. The van der Waals surface area contributed by atoms with Gasteiger partial charge in [0, 0.05) is 42.3 Å². The van der Waals surface area contributed by atoms with Gasteiger partial charge in [-0.3, -0.25) is 14.5 Å². The zero-order valence-corrected chi connectivity index (χ0v) is 20.1. The van der Waals surface area contributed by atoms with Crippen LogP contribution in [0.25, 0.3) is 22.0 Å². The van der Waals surface area contributed by atoms with Crippen LogP contribution in [0.5, 0.6) is 5.75 Å². The highest BCUT2D eigenvalue weighted by molar-refractivity contribution is 6.42. The fourth-order valence-corrected chi connectivity index (χ4v) is 4.77. The highest BCUT2D eigenvalue weighted by atomic mass is 19.1. The topological polar surface area (TPSA) is 84.0 Å². The number of aryl methyl sites for hydroxylation is 1. The van der Waals surface area contributed by atoms with E-state index in [1.807, 2.05) is 12.3 Å². The van der Waals surface area contributed by atoms with Crippen molar-refractivity contribution in [2.75, 3.05) is 6.61 Å². The zero-order chi connectivity index (χ0) is 25.9. The molecule has 7 nitrogen and oxygen atoms in total. The highest BCUT2D eigenvalue weighted by Crippen LogP contribution is 2.45. The quantitative estimate of drug-likeness (QED) is 0.389. The maximum atomic E-state index is 15.4. The van der Waals surface area contributed by atoms with E-state index in [-0.39, 0.29) is 17.8 Å². The average molecular weight is 487 g/mol. The Labute approximate surface area is 215 Å². The van der Waals surface area contributed by atoms with Gasteiger partial charge in [-0.1, -0.05) is 12.1 Å². The molecule has 10 heteroatoms. The van der Waals surface area contributed by atoms with Crippen LogP contribution in [0.1, 0.15) is 34.5 Å². The highest BCUT2D eigenvalue weighted by Gasteiger charge is 2.44. The van der Waals surface area contributed by atoms with Gasteiger partial charge >= 0.3 is 0 Å². The number of amides is 1. The summed E-state index contributed by atoms with van der Waals surface area (Å²) < 4.78 is 23.0. The lowest BCUT2D eigenvalue weighted by molar-refractivity contribution is 0.0729. The Morgan fingerprint density at radius 1 is 1.19 bits per heavy atom. The smallest absolute Gasteiger partial charge is 0.255 e. The third-order valence-corrected chi connectivity index (χ3v) is 7.15. The van der Waals surface area contributed by atoms with Crippen molar-refractivity contribution in [2.24, 2.45) is 12.5 Å². The van der Waals surface area contributed by atoms with Crippen molar-refractivity contribution in [3.8, 4) is 22.9 Å². The van der Waals surface area contributed by atoms with Crippen LogP contribution in [0, 0.1) is 22.6 Å². The van der Waals surface area contributed by atoms with E-state index in [2.05, 4.69) is 16.2 Å². The molecule has 2 aliphatic rings. The van der Waals surface area contributed by atoms with E-state index in [9.17, 15) is 10.1 Å². The Kier molecular flexibility index (Phi) is 5.16. The van der Waals surface area contributed by atoms with Crippen LogP contribution in [-0.4, -0.2) is 47.9 Å². The predicted molar refractivity (Wildman–Crippen MR) is 136 cm³/mol. The van der Waals surface area contributed by atoms with E-state index in [0.717, 1.165) is 23.8 Å². The minimum Gasteiger partial charge on any atom is -0.490 e. The lowest BCUT2D eigenvalue weighted by atomic mass is 9.59. The molecule has 2 aromatic heterocycles. The number of pyridine rings is 1. The first-order valence-corrected chi connectivity index (χ1v) is 11.9. The summed E-state index contributed by atoms with van der Waals surface area (Å²) in [6.45, 7) is 0.209. The number of ether oxygens (including phenoxy) is 1.